The molecule has 0 aromatic heterocycles. The molecule has 0 aliphatic carbocycles. The zero-order valence-corrected chi connectivity index (χ0v) is 12.3. The van der Waals surface area contributed by atoms with Gasteiger partial charge in [0.05, 0.1) is 12.2 Å². The first-order valence-corrected chi connectivity index (χ1v) is 6.27. The molecule has 0 aliphatic rings. The SMILES string of the molecule is CCOC(=O)c1c(C)c(C)c(OC(C)=O)c(C)c1C. The van der Waals surface area contributed by atoms with E-state index in [0.29, 0.717) is 17.9 Å². The van der Waals surface area contributed by atoms with E-state index in [2.05, 4.69) is 0 Å². The van der Waals surface area contributed by atoms with E-state index in [1.165, 1.54) is 6.92 Å². The van der Waals surface area contributed by atoms with Gasteiger partial charge in [-0.3, -0.25) is 4.79 Å². The fourth-order valence-corrected chi connectivity index (χ4v) is 2.08. The quantitative estimate of drug-likeness (QED) is 0.622. The maximum atomic E-state index is 12.0. The van der Waals surface area contributed by atoms with Gasteiger partial charge in [0, 0.05) is 6.92 Å². The summed E-state index contributed by atoms with van der Waals surface area (Å²) in [6.45, 7) is 10.8. The smallest absolute Gasteiger partial charge is 0.338 e. The highest BCUT2D eigenvalue weighted by atomic mass is 16.5. The Bertz CT molecular complexity index is 500. The predicted molar refractivity (Wildman–Crippen MR) is 72.7 cm³/mol. The van der Waals surface area contributed by atoms with Gasteiger partial charge in [-0.1, -0.05) is 0 Å². The van der Waals surface area contributed by atoms with Gasteiger partial charge in [-0.05, 0) is 56.9 Å². The standard InChI is InChI=1S/C15H20O4/c1-7-18-15(17)13-8(2)10(4)14(19-12(6)16)11(5)9(13)3/h7H2,1-6H3. The van der Waals surface area contributed by atoms with Crippen LogP contribution >= 0.6 is 0 Å². The van der Waals surface area contributed by atoms with Crippen molar-refractivity contribution < 1.29 is 19.1 Å². The number of carbonyl (C=O) groups excluding carboxylic acids is 2. The predicted octanol–water partition coefficient (Wildman–Crippen LogP) is 3.02. The maximum Gasteiger partial charge on any atom is 0.338 e. The summed E-state index contributed by atoms with van der Waals surface area (Å²) in [7, 11) is 0. The minimum absolute atomic E-state index is 0.335. The van der Waals surface area contributed by atoms with Crippen LogP contribution in [0, 0.1) is 27.7 Å². The van der Waals surface area contributed by atoms with E-state index < -0.39 is 0 Å². The Morgan fingerprint density at radius 2 is 1.42 bits per heavy atom. The molecule has 0 bridgehead atoms. The van der Waals surface area contributed by atoms with Crippen LogP contribution in [0.5, 0.6) is 5.75 Å². The molecule has 19 heavy (non-hydrogen) atoms. The highest BCUT2D eigenvalue weighted by Crippen LogP contribution is 2.33. The van der Waals surface area contributed by atoms with E-state index in [4.69, 9.17) is 9.47 Å². The number of hydrogen-bond acceptors (Lipinski definition) is 4. The molecule has 4 heteroatoms. The van der Waals surface area contributed by atoms with Crippen LogP contribution in [0.2, 0.25) is 0 Å². The number of esters is 2. The van der Waals surface area contributed by atoms with Gasteiger partial charge >= 0.3 is 11.9 Å². The van der Waals surface area contributed by atoms with Crippen molar-refractivity contribution in [1.29, 1.82) is 0 Å². The highest BCUT2D eigenvalue weighted by Gasteiger charge is 2.22. The largest absolute Gasteiger partial charge is 0.462 e. The maximum absolute atomic E-state index is 12.0. The summed E-state index contributed by atoms with van der Waals surface area (Å²) in [5.41, 5.74) is 3.73. The van der Waals surface area contributed by atoms with E-state index in [-0.39, 0.29) is 11.9 Å². The van der Waals surface area contributed by atoms with Crippen LogP contribution in [-0.4, -0.2) is 18.5 Å². The number of benzene rings is 1. The zero-order chi connectivity index (χ0) is 14.7. The fraction of sp³-hybridized carbons (Fsp3) is 0.467. The third kappa shape index (κ3) is 2.95. The van der Waals surface area contributed by atoms with Gasteiger partial charge in [-0.25, -0.2) is 4.79 Å². The fourth-order valence-electron chi connectivity index (χ4n) is 2.08. The van der Waals surface area contributed by atoms with Crippen LogP contribution in [0.25, 0.3) is 0 Å². The second-order valence-electron chi connectivity index (χ2n) is 4.52. The Morgan fingerprint density at radius 1 is 0.947 bits per heavy atom. The summed E-state index contributed by atoms with van der Waals surface area (Å²) in [6, 6.07) is 0. The van der Waals surface area contributed by atoms with Crippen LogP contribution in [-0.2, 0) is 9.53 Å². The minimum atomic E-state index is -0.367. The van der Waals surface area contributed by atoms with Gasteiger partial charge in [-0.2, -0.15) is 0 Å². The summed E-state index contributed by atoms with van der Waals surface area (Å²) in [5.74, 6) is -0.164. The van der Waals surface area contributed by atoms with Gasteiger partial charge in [0.25, 0.3) is 0 Å². The molecule has 0 aliphatic heterocycles. The summed E-state index contributed by atoms with van der Waals surface area (Å²) in [6.07, 6.45) is 0. The van der Waals surface area contributed by atoms with Crippen molar-refractivity contribution in [2.75, 3.05) is 6.61 Å². The van der Waals surface area contributed by atoms with Crippen molar-refractivity contribution in [2.24, 2.45) is 0 Å². The van der Waals surface area contributed by atoms with E-state index in [0.717, 1.165) is 22.3 Å². The Labute approximate surface area is 113 Å². The Hall–Kier alpha value is -1.84. The first kappa shape index (κ1) is 15.2. The van der Waals surface area contributed by atoms with Crippen molar-refractivity contribution in [3.8, 4) is 5.75 Å². The molecule has 0 saturated carbocycles. The molecule has 0 N–H and O–H groups in total. The summed E-state index contributed by atoms with van der Waals surface area (Å²) < 4.78 is 10.3. The Balaban J connectivity index is 3.47. The molecule has 4 nitrogen and oxygen atoms in total. The van der Waals surface area contributed by atoms with E-state index in [1.54, 1.807) is 6.92 Å². The zero-order valence-electron chi connectivity index (χ0n) is 12.3. The molecule has 1 rings (SSSR count). The average molecular weight is 264 g/mol. The number of ether oxygens (including phenoxy) is 2. The lowest BCUT2D eigenvalue weighted by molar-refractivity contribution is -0.131. The Morgan fingerprint density at radius 3 is 1.79 bits per heavy atom. The summed E-state index contributed by atoms with van der Waals surface area (Å²) in [5, 5.41) is 0. The van der Waals surface area contributed by atoms with Gasteiger partial charge < -0.3 is 9.47 Å². The lowest BCUT2D eigenvalue weighted by Gasteiger charge is -2.18. The monoisotopic (exact) mass is 264 g/mol. The second kappa shape index (κ2) is 5.87. The normalized spacial score (nSPS) is 10.2. The minimum Gasteiger partial charge on any atom is -0.462 e. The van der Waals surface area contributed by atoms with Crippen molar-refractivity contribution in [3.63, 3.8) is 0 Å². The van der Waals surface area contributed by atoms with Crippen LogP contribution in [0.15, 0.2) is 0 Å². The van der Waals surface area contributed by atoms with Crippen LogP contribution in [0.3, 0.4) is 0 Å². The van der Waals surface area contributed by atoms with Gasteiger partial charge in [0.1, 0.15) is 5.75 Å². The molecular weight excluding hydrogens is 244 g/mol. The van der Waals surface area contributed by atoms with E-state index in [1.807, 2.05) is 27.7 Å². The molecule has 0 radical (unpaired) electrons. The number of rotatable bonds is 3. The van der Waals surface area contributed by atoms with Gasteiger partial charge in [0.2, 0.25) is 0 Å². The molecular formula is C15H20O4. The first-order valence-electron chi connectivity index (χ1n) is 6.27. The van der Waals surface area contributed by atoms with Gasteiger partial charge in [-0.15, -0.1) is 0 Å². The van der Waals surface area contributed by atoms with Crippen molar-refractivity contribution in [3.05, 3.63) is 27.8 Å². The molecule has 1 aromatic rings. The molecule has 0 atom stereocenters. The second-order valence-corrected chi connectivity index (χ2v) is 4.52. The summed E-state index contributed by atoms with van der Waals surface area (Å²) >= 11 is 0. The van der Waals surface area contributed by atoms with Crippen molar-refractivity contribution in [2.45, 2.75) is 41.5 Å². The van der Waals surface area contributed by atoms with Crippen molar-refractivity contribution in [1.82, 2.24) is 0 Å². The average Bonchev–Trinajstić information content (AvgIpc) is 2.32. The van der Waals surface area contributed by atoms with Crippen molar-refractivity contribution >= 4 is 11.9 Å². The van der Waals surface area contributed by atoms with E-state index in [9.17, 15) is 9.59 Å². The molecule has 0 spiro atoms. The third-order valence-electron chi connectivity index (χ3n) is 3.28. The number of carbonyl (C=O) groups is 2. The highest BCUT2D eigenvalue weighted by molar-refractivity contribution is 5.94. The lowest BCUT2D eigenvalue weighted by Crippen LogP contribution is -2.14. The molecule has 0 saturated heterocycles. The molecule has 104 valence electrons. The lowest BCUT2D eigenvalue weighted by atomic mass is 9.93. The summed E-state index contributed by atoms with van der Waals surface area (Å²) in [4.78, 5) is 23.1. The topological polar surface area (TPSA) is 52.6 Å². The van der Waals surface area contributed by atoms with Crippen LogP contribution in [0.4, 0.5) is 0 Å². The van der Waals surface area contributed by atoms with Gasteiger partial charge in [0.15, 0.2) is 0 Å². The molecule has 0 fully saturated rings. The van der Waals surface area contributed by atoms with Crippen LogP contribution in [0.1, 0.15) is 46.5 Å². The van der Waals surface area contributed by atoms with Crippen LogP contribution < -0.4 is 4.74 Å². The van der Waals surface area contributed by atoms with E-state index >= 15 is 0 Å². The molecule has 0 unspecified atom stereocenters. The molecule has 0 heterocycles. The third-order valence-corrected chi connectivity index (χ3v) is 3.28. The molecule has 0 amide bonds. The first-order chi connectivity index (χ1) is 8.81. The number of hydrogen-bond donors (Lipinski definition) is 0. The molecule has 1 aromatic carbocycles. The Kier molecular flexibility index (Phi) is 4.70.